The number of hydrogen-bond donors (Lipinski definition) is 1. The van der Waals surface area contributed by atoms with E-state index in [1.165, 1.54) is 27.5 Å². The molecule has 0 fully saturated rings. The van der Waals surface area contributed by atoms with Crippen LogP contribution in [0.3, 0.4) is 0 Å². The van der Waals surface area contributed by atoms with Gasteiger partial charge in [-0.15, -0.1) is 0 Å². The number of hydrogen-bond acceptors (Lipinski definition) is 6. The number of carbonyl (C=O) groups is 1. The van der Waals surface area contributed by atoms with E-state index in [1.807, 2.05) is 24.3 Å². The summed E-state index contributed by atoms with van der Waals surface area (Å²) in [5.74, 6) is 1.44. The third kappa shape index (κ3) is 4.20. The van der Waals surface area contributed by atoms with E-state index in [0.717, 1.165) is 5.56 Å². The van der Waals surface area contributed by atoms with Crippen LogP contribution in [0.1, 0.15) is 15.9 Å². The molecule has 0 aliphatic carbocycles. The van der Waals surface area contributed by atoms with Crippen molar-refractivity contribution >= 4 is 12.1 Å². The van der Waals surface area contributed by atoms with Gasteiger partial charge in [-0.05, 0) is 24.3 Å². The van der Waals surface area contributed by atoms with Crippen molar-refractivity contribution in [3.05, 3.63) is 47.5 Å². The zero-order valence-electron chi connectivity index (χ0n) is 14.5. The number of carbonyl (C=O) groups excluding carboxylic acids is 1. The predicted octanol–water partition coefficient (Wildman–Crippen LogP) is 2.48. The molecule has 25 heavy (non-hydrogen) atoms. The lowest BCUT2D eigenvalue weighted by Gasteiger charge is -2.13. The number of rotatable bonds is 7. The van der Waals surface area contributed by atoms with Gasteiger partial charge in [0, 0.05) is 11.1 Å². The first kappa shape index (κ1) is 18.1. The molecular formula is C18H20N2O5. The maximum atomic E-state index is 12.3. The topological polar surface area (TPSA) is 78.4 Å². The van der Waals surface area contributed by atoms with Gasteiger partial charge in [-0.1, -0.05) is 12.1 Å². The maximum absolute atomic E-state index is 12.3. The summed E-state index contributed by atoms with van der Waals surface area (Å²) in [5.41, 5.74) is 3.53. The number of nitrogens with one attached hydrogen (secondary N) is 1. The number of hydrazone groups is 1. The van der Waals surface area contributed by atoms with E-state index in [4.69, 9.17) is 18.9 Å². The summed E-state index contributed by atoms with van der Waals surface area (Å²) in [6.07, 6.45) is 1.51. The highest BCUT2D eigenvalue weighted by Crippen LogP contribution is 2.38. The van der Waals surface area contributed by atoms with Crippen LogP contribution in [0.2, 0.25) is 0 Å². The average molecular weight is 344 g/mol. The minimum atomic E-state index is -0.412. The summed E-state index contributed by atoms with van der Waals surface area (Å²) in [6, 6.07) is 10.4. The maximum Gasteiger partial charge on any atom is 0.271 e. The van der Waals surface area contributed by atoms with E-state index in [-0.39, 0.29) is 0 Å². The van der Waals surface area contributed by atoms with Crippen molar-refractivity contribution in [2.45, 2.75) is 0 Å². The van der Waals surface area contributed by atoms with Gasteiger partial charge in [-0.25, -0.2) is 5.43 Å². The summed E-state index contributed by atoms with van der Waals surface area (Å²) in [4.78, 5) is 12.3. The Bertz CT molecular complexity index is 749. The highest BCUT2D eigenvalue weighted by molar-refractivity contribution is 5.96. The molecule has 1 amide bonds. The van der Waals surface area contributed by atoms with Gasteiger partial charge in [0.2, 0.25) is 5.75 Å². The molecule has 2 aromatic carbocycles. The second kappa shape index (κ2) is 8.58. The predicted molar refractivity (Wildman–Crippen MR) is 94.2 cm³/mol. The summed E-state index contributed by atoms with van der Waals surface area (Å²) in [7, 11) is 6.04. The van der Waals surface area contributed by atoms with E-state index in [0.29, 0.717) is 28.6 Å². The Hall–Kier alpha value is -3.22. The molecule has 1 N–H and O–H groups in total. The molecule has 0 aliphatic heterocycles. The number of amides is 1. The molecule has 0 radical (unpaired) electrons. The van der Waals surface area contributed by atoms with Crippen LogP contribution in [0.15, 0.2) is 41.5 Å². The molecule has 0 atom stereocenters. The van der Waals surface area contributed by atoms with Crippen molar-refractivity contribution in [3.63, 3.8) is 0 Å². The molecule has 0 aliphatic rings. The highest BCUT2D eigenvalue weighted by Gasteiger charge is 2.16. The van der Waals surface area contributed by atoms with Crippen LogP contribution in [-0.2, 0) is 0 Å². The quantitative estimate of drug-likeness (QED) is 0.617. The van der Waals surface area contributed by atoms with Crippen LogP contribution in [0.25, 0.3) is 0 Å². The fourth-order valence-corrected chi connectivity index (χ4v) is 2.21. The van der Waals surface area contributed by atoms with Crippen molar-refractivity contribution in [1.29, 1.82) is 0 Å². The van der Waals surface area contributed by atoms with Crippen molar-refractivity contribution in [3.8, 4) is 23.0 Å². The third-order valence-electron chi connectivity index (χ3n) is 3.44. The number of methoxy groups -OCH3 is 4. The fraction of sp³-hybridized carbons (Fsp3) is 0.222. The van der Waals surface area contributed by atoms with Crippen molar-refractivity contribution in [2.24, 2.45) is 5.10 Å². The first-order valence-electron chi connectivity index (χ1n) is 7.41. The van der Waals surface area contributed by atoms with Crippen molar-refractivity contribution < 1.29 is 23.7 Å². The Morgan fingerprint density at radius 1 is 0.920 bits per heavy atom. The molecule has 7 heteroatoms. The molecule has 2 rings (SSSR count). The fourth-order valence-electron chi connectivity index (χ4n) is 2.21. The zero-order valence-corrected chi connectivity index (χ0v) is 14.5. The molecular weight excluding hydrogens is 324 g/mol. The summed E-state index contributed by atoms with van der Waals surface area (Å²) < 4.78 is 20.9. The Labute approximate surface area is 146 Å². The lowest BCUT2D eigenvalue weighted by Crippen LogP contribution is -2.18. The van der Waals surface area contributed by atoms with Gasteiger partial charge in [0.1, 0.15) is 5.75 Å². The van der Waals surface area contributed by atoms with E-state index in [9.17, 15) is 4.79 Å². The smallest absolute Gasteiger partial charge is 0.271 e. The Morgan fingerprint density at radius 2 is 1.52 bits per heavy atom. The largest absolute Gasteiger partial charge is 0.496 e. The standard InChI is InChI=1S/C18H20N2O5/c1-22-14-8-6-5-7-12(14)11-19-20-18(21)13-9-15(23-2)17(25-4)16(10-13)24-3/h5-11H,1-4H3,(H,20,21)/b19-11-. The van der Waals surface area contributed by atoms with Gasteiger partial charge in [0.15, 0.2) is 11.5 Å². The van der Waals surface area contributed by atoms with E-state index < -0.39 is 5.91 Å². The minimum Gasteiger partial charge on any atom is -0.496 e. The molecule has 0 heterocycles. The Morgan fingerprint density at radius 3 is 2.08 bits per heavy atom. The number of para-hydroxylation sites is 1. The minimum absolute atomic E-state index is 0.326. The number of benzene rings is 2. The molecule has 2 aromatic rings. The van der Waals surface area contributed by atoms with Gasteiger partial charge >= 0.3 is 0 Å². The van der Waals surface area contributed by atoms with Crippen LogP contribution in [0.5, 0.6) is 23.0 Å². The average Bonchev–Trinajstić information content (AvgIpc) is 2.66. The summed E-state index contributed by atoms with van der Waals surface area (Å²) >= 11 is 0. The van der Waals surface area contributed by atoms with Crippen LogP contribution < -0.4 is 24.4 Å². The molecule has 0 aromatic heterocycles. The highest BCUT2D eigenvalue weighted by atomic mass is 16.5. The first-order valence-corrected chi connectivity index (χ1v) is 7.41. The van der Waals surface area contributed by atoms with E-state index in [2.05, 4.69) is 10.5 Å². The molecule has 0 spiro atoms. The lowest BCUT2D eigenvalue weighted by atomic mass is 10.1. The van der Waals surface area contributed by atoms with E-state index >= 15 is 0 Å². The molecule has 0 bridgehead atoms. The SMILES string of the molecule is COc1ccccc1/C=N\NC(=O)c1cc(OC)c(OC)c(OC)c1. The lowest BCUT2D eigenvalue weighted by molar-refractivity contribution is 0.0954. The van der Waals surface area contributed by atoms with Crippen LogP contribution in [-0.4, -0.2) is 40.6 Å². The van der Waals surface area contributed by atoms with Gasteiger partial charge in [-0.3, -0.25) is 4.79 Å². The summed E-state index contributed by atoms with van der Waals surface area (Å²) in [6.45, 7) is 0. The molecule has 0 saturated heterocycles. The van der Waals surface area contributed by atoms with Gasteiger partial charge in [0.25, 0.3) is 5.91 Å². The number of ether oxygens (including phenoxy) is 4. The zero-order chi connectivity index (χ0) is 18.2. The molecule has 132 valence electrons. The van der Waals surface area contributed by atoms with Crippen molar-refractivity contribution in [1.82, 2.24) is 5.43 Å². The van der Waals surface area contributed by atoms with Crippen molar-refractivity contribution in [2.75, 3.05) is 28.4 Å². The first-order chi connectivity index (χ1) is 12.1. The second-order valence-electron chi connectivity index (χ2n) is 4.86. The molecule has 0 unspecified atom stereocenters. The van der Waals surface area contributed by atoms with Crippen LogP contribution >= 0.6 is 0 Å². The Balaban J connectivity index is 2.19. The third-order valence-corrected chi connectivity index (χ3v) is 3.44. The van der Waals surface area contributed by atoms with Crippen LogP contribution in [0, 0.1) is 0 Å². The van der Waals surface area contributed by atoms with Gasteiger partial charge in [0.05, 0.1) is 34.7 Å². The monoisotopic (exact) mass is 344 g/mol. The number of nitrogens with zero attached hydrogens (tertiary/aromatic N) is 1. The van der Waals surface area contributed by atoms with Gasteiger partial charge in [-0.2, -0.15) is 5.10 Å². The van der Waals surface area contributed by atoms with E-state index in [1.54, 1.807) is 19.2 Å². The van der Waals surface area contributed by atoms with Crippen LogP contribution in [0.4, 0.5) is 0 Å². The molecule has 7 nitrogen and oxygen atoms in total. The second-order valence-corrected chi connectivity index (χ2v) is 4.86. The normalized spacial score (nSPS) is 10.4. The molecule has 0 saturated carbocycles. The summed E-state index contributed by atoms with van der Waals surface area (Å²) in [5, 5.41) is 3.96. The Kier molecular flexibility index (Phi) is 6.22. The van der Waals surface area contributed by atoms with Gasteiger partial charge < -0.3 is 18.9 Å².